The molecule has 4 aromatic rings. The Morgan fingerprint density at radius 1 is 0.769 bits per heavy atom. The van der Waals surface area contributed by atoms with Gasteiger partial charge in [-0.3, -0.25) is 14.4 Å². The molecule has 0 saturated carbocycles. The molecule has 0 bridgehead atoms. The molecule has 0 heterocycles. The van der Waals surface area contributed by atoms with E-state index in [1.165, 1.54) is 11.8 Å². The third-order valence-electron chi connectivity index (χ3n) is 5.32. The van der Waals surface area contributed by atoms with Crippen molar-refractivity contribution in [1.82, 2.24) is 5.32 Å². The van der Waals surface area contributed by atoms with Crippen LogP contribution in [0.3, 0.4) is 0 Å². The Morgan fingerprint density at radius 2 is 1.38 bits per heavy atom. The van der Waals surface area contributed by atoms with Gasteiger partial charge in [-0.2, -0.15) is 0 Å². The van der Waals surface area contributed by atoms with Crippen molar-refractivity contribution in [1.29, 1.82) is 0 Å². The van der Waals surface area contributed by atoms with E-state index in [9.17, 15) is 14.4 Å². The van der Waals surface area contributed by atoms with Crippen LogP contribution in [0, 0.1) is 3.57 Å². The Hall–Kier alpha value is -3.60. The summed E-state index contributed by atoms with van der Waals surface area (Å²) in [7, 11) is 0. The van der Waals surface area contributed by atoms with E-state index in [4.69, 9.17) is 11.6 Å². The zero-order valence-electron chi connectivity index (χ0n) is 20.5. The van der Waals surface area contributed by atoms with Crippen LogP contribution in [0.2, 0.25) is 5.02 Å². The molecule has 0 aliphatic rings. The van der Waals surface area contributed by atoms with Gasteiger partial charge in [-0.1, -0.05) is 41.9 Å². The van der Waals surface area contributed by atoms with Crippen molar-refractivity contribution in [2.24, 2.45) is 0 Å². The first-order valence-electron chi connectivity index (χ1n) is 11.8. The summed E-state index contributed by atoms with van der Waals surface area (Å²) in [5.74, 6) is -0.741. The van der Waals surface area contributed by atoms with E-state index in [1.54, 1.807) is 66.7 Å². The maximum atomic E-state index is 13.2. The highest BCUT2D eigenvalue weighted by atomic mass is 127. The predicted molar refractivity (Wildman–Crippen MR) is 167 cm³/mol. The Labute approximate surface area is 249 Å². The topological polar surface area (TPSA) is 87.3 Å². The van der Waals surface area contributed by atoms with E-state index >= 15 is 0 Å². The molecule has 9 heteroatoms. The molecule has 4 aromatic carbocycles. The van der Waals surface area contributed by atoms with Crippen molar-refractivity contribution < 1.29 is 14.4 Å². The number of thioether (sulfide) groups is 1. The van der Waals surface area contributed by atoms with Crippen molar-refractivity contribution in [2.45, 2.75) is 4.90 Å². The normalized spacial score (nSPS) is 11.0. The first-order chi connectivity index (χ1) is 18.9. The van der Waals surface area contributed by atoms with Gasteiger partial charge in [-0.15, -0.1) is 11.8 Å². The van der Waals surface area contributed by atoms with Crippen LogP contribution >= 0.6 is 46.0 Å². The second-order valence-electron chi connectivity index (χ2n) is 8.25. The second-order valence-corrected chi connectivity index (χ2v) is 11.0. The molecule has 0 unspecified atom stereocenters. The first kappa shape index (κ1) is 28.4. The molecule has 0 aromatic heterocycles. The Kier molecular flexibility index (Phi) is 10.2. The quantitative estimate of drug-likeness (QED) is 0.101. The number of hydrogen-bond donors (Lipinski definition) is 3. The number of anilines is 2. The number of rotatable bonds is 9. The van der Waals surface area contributed by atoms with Gasteiger partial charge in [-0.05, 0) is 107 Å². The van der Waals surface area contributed by atoms with Gasteiger partial charge in [0, 0.05) is 30.4 Å². The predicted octanol–water partition coefficient (Wildman–Crippen LogP) is 7.09. The molecule has 6 nitrogen and oxygen atoms in total. The van der Waals surface area contributed by atoms with Gasteiger partial charge in [0.05, 0.1) is 5.75 Å². The molecular weight excluding hydrogens is 645 g/mol. The summed E-state index contributed by atoms with van der Waals surface area (Å²) in [4.78, 5) is 39.1. The largest absolute Gasteiger partial charge is 0.325 e. The van der Waals surface area contributed by atoms with Crippen molar-refractivity contribution in [3.05, 3.63) is 129 Å². The lowest BCUT2D eigenvalue weighted by molar-refractivity contribution is -0.114. The number of benzene rings is 4. The molecule has 0 fully saturated rings. The number of halogens is 2. The van der Waals surface area contributed by atoms with Crippen LogP contribution in [0.5, 0.6) is 0 Å². The number of carbonyl (C=O) groups excluding carboxylic acids is 3. The average Bonchev–Trinajstić information content (AvgIpc) is 2.95. The van der Waals surface area contributed by atoms with Crippen LogP contribution in [-0.2, 0) is 9.59 Å². The minimum atomic E-state index is -0.480. The summed E-state index contributed by atoms with van der Waals surface area (Å²) in [6, 6.07) is 30.3. The monoisotopic (exact) mass is 667 g/mol. The standard InChI is InChI=1S/C30H23ClIN3O3S/c31-22-8-6-20(7-9-22)18-27(35-29(37)21-4-2-1-3-5-21)30(38)34-25-14-16-26(17-15-25)39-19-28(36)33-24-12-10-23(32)11-13-24/h1-18H,19H2,(H,33,36)(H,34,38)(H,35,37)/b27-18-. The molecule has 39 heavy (non-hydrogen) atoms. The zero-order valence-corrected chi connectivity index (χ0v) is 24.2. The van der Waals surface area contributed by atoms with Crippen LogP contribution in [-0.4, -0.2) is 23.5 Å². The number of amides is 3. The highest BCUT2D eigenvalue weighted by Gasteiger charge is 2.15. The molecule has 0 radical (unpaired) electrons. The summed E-state index contributed by atoms with van der Waals surface area (Å²) in [5.41, 5.74) is 2.51. The van der Waals surface area contributed by atoms with Gasteiger partial charge in [0.1, 0.15) is 5.70 Å². The fraction of sp³-hybridized carbons (Fsp3) is 0.0333. The number of hydrogen-bond acceptors (Lipinski definition) is 4. The third kappa shape index (κ3) is 8.98. The summed E-state index contributed by atoms with van der Waals surface area (Å²) >= 11 is 9.58. The molecule has 196 valence electrons. The second kappa shape index (κ2) is 14.0. The summed E-state index contributed by atoms with van der Waals surface area (Å²) in [5, 5.41) is 8.97. The van der Waals surface area contributed by atoms with Gasteiger partial charge in [0.2, 0.25) is 5.91 Å². The molecular formula is C30H23ClIN3O3S. The van der Waals surface area contributed by atoms with E-state index in [0.717, 1.165) is 14.2 Å². The van der Waals surface area contributed by atoms with Crippen LogP contribution < -0.4 is 16.0 Å². The van der Waals surface area contributed by atoms with Gasteiger partial charge in [0.25, 0.3) is 11.8 Å². The van der Waals surface area contributed by atoms with Crippen molar-refractivity contribution in [2.75, 3.05) is 16.4 Å². The summed E-state index contributed by atoms with van der Waals surface area (Å²) in [6.07, 6.45) is 1.59. The van der Waals surface area contributed by atoms with Crippen LogP contribution in [0.15, 0.2) is 114 Å². The smallest absolute Gasteiger partial charge is 0.272 e. The molecule has 3 N–H and O–H groups in total. The van der Waals surface area contributed by atoms with E-state index in [2.05, 4.69) is 38.5 Å². The fourth-order valence-corrected chi connectivity index (χ4v) is 4.56. The Bertz CT molecular complexity index is 1480. The van der Waals surface area contributed by atoms with E-state index < -0.39 is 11.8 Å². The van der Waals surface area contributed by atoms with Gasteiger partial charge < -0.3 is 16.0 Å². The van der Waals surface area contributed by atoms with Gasteiger partial charge in [0.15, 0.2) is 0 Å². The maximum absolute atomic E-state index is 13.2. The maximum Gasteiger partial charge on any atom is 0.272 e. The molecule has 0 aliphatic carbocycles. The summed E-state index contributed by atoms with van der Waals surface area (Å²) in [6.45, 7) is 0. The molecule has 4 rings (SSSR count). The highest BCUT2D eigenvalue weighted by Crippen LogP contribution is 2.22. The fourth-order valence-electron chi connectivity index (χ4n) is 3.38. The van der Waals surface area contributed by atoms with Gasteiger partial charge in [-0.25, -0.2) is 0 Å². The third-order valence-corrected chi connectivity index (χ3v) is 7.30. The molecule has 0 saturated heterocycles. The van der Waals surface area contributed by atoms with Crippen molar-refractivity contribution >= 4 is 81.1 Å². The van der Waals surface area contributed by atoms with Crippen molar-refractivity contribution in [3.8, 4) is 0 Å². The van der Waals surface area contributed by atoms with E-state index in [0.29, 0.717) is 21.8 Å². The zero-order chi connectivity index (χ0) is 27.6. The Morgan fingerprint density at radius 3 is 2.05 bits per heavy atom. The lowest BCUT2D eigenvalue weighted by Gasteiger charge is -2.12. The molecule has 0 aliphatic heterocycles. The van der Waals surface area contributed by atoms with E-state index in [-0.39, 0.29) is 17.4 Å². The van der Waals surface area contributed by atoms with Crippen LogP contribution in [0.4, 0.5) is 11.4 Å². The minimum Gasteiger partial charge on any atom is -0.325 e. The number of nitrogens with one attached hydrogen (secondary N) is 3. The molecule has 3 amide bonds. The SMILES string of the molecule is O=C(CSc1ccc(NC(=O)/C(=C/c2ccc(Cl)cc2)NC(=O)c2ccccc2)cc1)Nc1ccc(I)cc1. The summed E-state index contributed by atoms with van der Waals surface area (Å²) < 4.78 is 1.10. The minimum absolute atomic E-state index is 0.0805. The van der Waals surface area contributed by atoms with E-state index in [1.807, 2.05) is 42.5 Å². The molecule has 0 atom stereocenters. The number of carbonyl (C=O) groups is 3. The first-order valence-corrected chi connectivity index (χ1v) is 14.2. The van der Waals surface area contributed by atoms with Crippen molar-refractivity contribution in [3.63, 3.8) is 0 Å². The average molecular weight is 668 g/mol. The van der Waals surface area contributed by atoms with Gasteiger partial charge >= 0.3 is 0 Å². The highest BCUT2D eigenvalue weighted by molar-refractivity contribution is 14.1. The lowest BCUT2D eigenvalue weighted by atomic mass is 10.1. The molecule has 0 spiro atoms. The Balaban J connectivity index is 1.39. The lowest BCUT2D eigenvalue weighted by Crippen LogP contribution is -2.30. The van der Waals surface area contributed by atoms with Crippen LogP contribution in [0.1, 0.15) is 15.9 Å². The van der Waals surface area contributed by atoms with Crippen LogP contribution in [0.25, 0.3) is 6.08 Å².